The number of hydrogen-bond acceptors (Lipinski definition) is 0. The van der Waals surface area contributed by atoms with E-state index in [1.807, 2.05) is 0 Å². The van der Waals surface area contributed by atoms with E-state index in [1.54, 1.807) is 0 Å². The maximum absolute atomic E-state index is 2.35. The molecule has 0 atom stereocenters. The molecule has 0 aromatic heterocycles. The van der Waals surface area contributed by atoms with Crippen LogP contribution in [0, 0.1) is 0 Å². The SMILES string of the molecule is CCC(C)(C)BC(C)(C)C. The van der Waals surface area contributed by atoms with E-state index in [-0.39, 0.29) is 0 Å². The minimum absolute atomic E-state index is 0.486. The lowest BCUT2D eigenvalue weighted by atomic mass is 9.41. The molecule has 0 aliphatic heterocycles. The van der Waals surface area contributed by atoms with Crippen LogP contribution in [0.4, 0.5) is 0 Å². The monoisotopic (exact) mass is 140 g/mol. The highest BCUT2D eigenvalue weighted by Gasteiger charge is 2.25. The molecule has 0 radical (unpaired) electrons. The van der Waals surface area contributed by atoms with E-state index in [0.717, 1.165) is 0 Å². The van der Waals surface area contributed by atoms with Gasteiger partial charge in [-0.05, 0) is 0 Å². The van der Waals surface area contributed by atoms with Gasteiger partial charge in [0.25, 0.3) is 0 Å². The second-order valence-electron chi connectivity index (χ2n) is 5.26. The highest BCUT2D eigenvalue weighted by molar-refractivity contribution is 6.43. The third-order valence-corrected chi connectivity index (χ3v) is 1.97. The van der Waals surface area contributed by atoms with Crippen molar-refractivity contribution in [2.24, 2.45) is 0 Å². The molecule has 0 aromatic rings. The van der Waals surface area contributed by atoms with E-state index >= 15 is 0 Å². The van der Waals surface area contributed by atoms with Crippen molar-refractivity contribution in [1.82, 2.24) is 0 Å². The van der Waals surface area contributed by atoms with Crippen molar-refractivity contribution >= 4 is 7.28 Å². The summed E-state index contributed by atoms with van der Waals surface area (Å²) in [6.07, 6.45) is 1.28. The molecule has 0 aliphatic carbocycles. The zero-order chi connectivity index (χ0) is 8.41. The maximum atomic E-state index is 2.35. The molecule has 0 saturated heterocycles. The van der Waals surface area contributed by atoms with Gasteiger partial charge in [0.05, 0.1) is 0 Å². The van der Waals surface area contributed by atoms with Gasteiger partial charge in [-0.3, -0.25) is 0 Å². The molecule has 10 heavy (non-hydrogen) atoms. The summed E-state index contributed by atoms with van der Waals surface area (Å²) in [6, 6.07) is 0. The van der Waals surface area contributed by atoms with Crippen LogP contribution in [0.5, 0.6) is 0 Å². The zero-order valence-corrected chi connectivity index (χ0v) is 8.41. The van der Waals surface area contributed by atoms with Gasteiger partial charge in [-0.2, -0.15) is 0 Å². The lowest BCUT2D eigenvalue weighted by molar-refractivity contribution is 0.603. The van der Waals surface area contributed by atoms with Crippen LogP contribution in [0.3, 0.4) is 0 Å². The molecule has 0 unspecified atom stereocenters. The first-order chi connectivity index (χ1) is 4.27. The fraction of sp³-hybridized carbons (Fsp3) is 1.00. The molecule has 0 aliphatic rings. The van der Waals surface area contributed by atoms with E-state index in [2.05, 4.69) is 41.5 Å². The Labute approximate surface area is 66.6 Å². The van der Waals surface area contributed by atoms with Crippen molar-refractivity contribution in [3.05, 3.63) is 0 Å². The molecule has 60 valence electrons. The van der Waals surface area contributed by atoms with E-state index in [9.17, 15) is 0 Å². The summed E-state index contributed by atoms with van der Waals surface area (Å²) in [5, 5.41) is 1.01. The molecule has 0 heterocycles. The number of rotatable bonds is 2. The van der Waals surface area contributed by atoms with Crippen LogP contribution in [-0.2, 0) is 0 Å². The van der Waals surface area contributed by atoms with Gasteiger partial charge in [-0.25, -0.2) is 0 Å². The topological polar surface area (TPSA) is 0 Å². The summed E-state index contributed by atoms with van der Waals surface area (Å²) in [6.45, 7) is 13.9. The molecule has 0 nitrogen and oxygen atoms in total. The van der Waals surface area contributed by atoms with E-state index in [0.29, 0.717) is 10.6 Å². The Kier molecular flexibility index (Phi) is 3.00. The smallest absolute Gasteiger partial charge is 0.0671 e. The number of hydrogen-bond donors (Lipinski definition) is 0. The van der Waals surface area contributed by atoms with E-state index < -0.39 is 0 Å². The van der Waals surface area contributed by atoms with Gasteiger partial charge in [0, 0.05) is 0 Å². The van der Waals surface area contributed by atoms with Gasteiger partial charge in [0.2, 0.25) is 0 Å². The summed E-state index contributed by atoms with van der Waals surface area (Å²) < 4.78 is 0. The first-order valence-corrected chi connectivity index (χ1v) is 4.27. The first kappa shape index (κ1) is 10.1. The van der Waals surface area contributed by atoms with Crippen molar-refractivity contribution in [2.75, 3.05) is 0 Å². The van der Waals surface area contributed by atoms with E-state index in [1.165, 1.54) is 13.7 Å². The Morgan fingerprint density at radius 3 is 1.50 bits per heavy atom. The minimum atomic E-state index is 0.486. The van der Waals surface area contributed by atoms with Gasteiger partial charge in [-0.1, -0.05) is 58.6 Å². The van der Waals surface area contributed by atoms with Crippen LogP contribution in [0.2, 0.25) is 10.6 Å². The molecule has 0 bridgehead atoms. The summed E-state index contributed by atoms with van der Waals surface area (Å²) in [5.74, 6) is 0. The lowest BCUT2D eigenvalue weighted by Crippen LogP contribution is -2.20. The second kappa shape index (κ2) is 2.98. The van der Waals surface area contributed by atoms with Crippen LogP contribution >= 0.6 is 0 Å². The molecule has 1 heteroatoms. The second-order valence-corrected chi connectivity index (χ2v) is 5.26. The Hall–Kier alpha value is 0.0649. The quantitative estimate of drug-likeness (QED) is 0.516. The fourth-order valence-corrected chi connectivity index (χ4v) is 1.56. The third kappa shape index (κ3) is 4.90. The molecule has 0 N–H and O–H groups in total. The average molecular weight is 140 g/mol. The predicted molar refractivity (Wildman–Crippen MR) is 51.2 cm³/mol. The molecule has 0 spiro atoms. The van der Waals surface area contributed by atoms with Crippen molar-refractivity contribution < 1.29 is 0 Å². The molecular formula is C9H21B. The van der Waals surface area contributed by atoms with Crippen LogP contribution in [0.25, 0.3) is 0 Å². The summed E-state index contributed by atoms with van der Waals surface area (Å²) >= 11 is 0. The summed E-state index contributed by atoms with van der Waals surface area (Å²) in [5.41, 5.74) is 0. The molecule has 0 fully saturated rings. The first-order valence-electron chi connectivity index (χ1n) is 4.27. The van der Waals surface area contributed by atoms with Crippen LogP contribution in [0.15, 0.2) is 0 Å². The Morgan fingerprint density at radius 1 is 1.00 bits per heavy atom. The van der Waals surface area contributed by atoms with Gasteiger partial charge in [0.1, 0.15) is 7.28 Å². The van der Waals surface area contributed by atoms with Crippen LogP contribution in [0.1, 0.15) is 48.0 Å². The van der Waals surface area contributed by atoms with Gasteiger partial charge >= 0.3 is 0 Å². The van der Waals surface area contributed by atoms with Crippen molar-refractivity contribution in [3.8, 4) is 0 Å². The minimum Gasteiger partial charge on any atom is -0.0671 e. The van der Waals surface area contributed by atoms with Crippen LogP contribution in [-0.4, -0.2) is 7.28 Å². The maximum Gasteiger partial charge on any atom is 0.133 e. The molecular weight excluding hydrogens is 119 g/mol. The van der Waals surface area contributed by atoms with Gasteiger partial charge in [-0.15, -0.1) is 0 Å². The van der Waals surface area contributed by atoms with Crippen molar-refractivity contribution in [1.29, 1.82) is 0 Å². The highest BCUT2D eigenvalue weighted by Crippen LogP contribution is 2.37. The third-order valence-electron chi connectivity index (χ3n) is 1.97. The Balaban J connectivity index is 3.89. The normalized spacial score (nSPS) is 13.4. The van der Waals surface area contributed by atoms with E-state index in [4.69, 9.17) is 0 Å². The van der Waals surface area contributed by atoms with Crippen molar-refractivity contribution in [2.45, 2.75) is 58.6 Å². The lowest BCUT2D eigenvalue weighted by Gasteiger charge is -2.29. The Bertz CT molecular complexity index is 97.8. The fourth-order valence-electron chi connectivity index (χ4n) is 1.56. The summed E-state index contributed by atoms with van der Waals surface area (Å²) in [4.78, 5) is 0. The predicted octanol–water partition coefficient (Wildman–Crippen LogP) is 3.25. The molecule has 0 rings (SSSR count). The Morgan fingerprint density at radius 2 is 1.40 bits per heavy atom. The molecule has 0 aromatic carbocycles. The summed E-state index contributed by atoms with van der Waals surface area (Å²) in [7, 11) is 1.32. The van der Waals surface area contributed by atoms with Gasteiger partial charge < -0.3 is 0 Å². The standard InChI is InChI=1S/C9H21B/c1-7-9(5,6)10-8(2,3)4/h10H,7H2,1-6H3. The largest absolute Gasteiger partial charge is 0.133 e. The highest BCUT2D eigenvalue weighted by atomic mass is 14.1. The average Bonchev–Trinajstić information content (AvgIpc) is 1.60. The zero-order valence-electron chi connectivity index (χ0n) is 8.41. The van der Waals surface area contributed by atoms with Gasteiger partial charge in [0.15, 0.2) is 0 Å². The molecule has 0 amide bonds. The van der Waals surface area contributed by atoms with Crippen molar-refractivity contribution in [3.63, 3.8) is 0 Å². The molecule has 0 saturated carbocycles. The van der Waals surface area contributed by atoms with Crippen LogP contribution < -0.4 is 0 Å².